The van der Waals surface area contributed by atoms with Gasteiger partial charge in [-0.15, -0.1) is 0 Å². The maximum Gasteiger partial charge on any atom is 0.306 e. The van der Waals surface area contributed by atoms with Gasteiger partial charge in [-0.2, -0.15) is 0 Å². The van der Waals surface area contributed by atoms with Crippen LogP contribution in [0.15, 0.2) is 0 Å². The van der Waals surface area contributed by atoms with Gasteiger partial charge in [-0.05, 0) is 51.6 Å². The van der Waals surface area contributed by atoms with Gasteiger partial charge in [0, 0.05) is 6.42 Å². The summed E-state index contributed by atoms with van der Waals surface area (Å²) in [6.07, 6.45) is 5.31. The highest BCUT2D eigenvalue weighted by Gasteiger charge is 2.15. The first-order chi connectivity index (χ1) is 6.83. The molecule has 0 aromatic heterocycles. The first kappa shape index (κ1) is 11.5. The zero-order chi connectivity index (χ0) is 10.2. The number of hydrogen-bond donors (Lipinski definition) is 1. The summed E-state index contributed by atoms with van der Waals surface area (Å²) in [5, 5.41) is 3.37. The number of ether oxygens (including phenoxy) is 1. The second-order valence-corrected chi connectivity index (χ2v) is 3.91. The smallest absolute Gasteiger partial charge is 0.306 e. The lowest BCUT2D eigenvalue weighted by molar-refractivity contribution is -0.144. The van der Waals surface area contributed by atoms with Crippen molar-refractivity contribution in [1.82, 2.24) is 5.32 Å². The lowest BCUT2D eigenvalue weighted by Gasteiger charge is -2.19. The van der Waals surface area contributed by atoms with Crippen LogP contribution in [0.1, 0.15) is 39.0 Å². The zero-order valence-electron chi connectivity index (χ0n) is 9.05. The Morgan fingerprint density at radius 2 is 2.00 bits per heavy atom. The van der Waals surface area contributed by atoms with Crippen LogP contribution in [0, 0.1) is 5.92 Å². The Bertz CT molecular complexity index is 163. The van der Waals surface area contributed by atoms with Crippen LogP contribution in [0.2, 0.25) is 0 Å². The van der Waals surface area contributed by atoms with Crippen molar-refractivity contribution in [3.63, 3.8) is 0 Å². The third-order valence-electron chi connectivity index (χ3n) is 2.69. The zero-order valence-corrected chi connectivity index (χ0v) is 9.05. The highest BCUT2D eigenvalue weighted by molar-refractivity contribution is 5.69. The Balaban J connectivity index is 2.22. The maximum absolute atomic E-state index is 11.3. The third-order valence-corrected chi connectivity index (χ3v) is 2.69. The van der Waals surface area contributed by atoms with E-state index in [1.165, 1.54) is 12.8 Å². The number of rotatable bonds is 3. The molecule has 0 aromatic rings. The molecule has 0 saturated carbocycles. The monoisotopic (exact) mass is 199 g/mol. The van der Waals surface area contributed by atoms with Crippen LogP contribution in [0.3, 0.4) is 0 Å². The fraction of sp³-hybridized carbons (Fsp3) is 0.909. The van der Waals surface area contributed by atoms with Crippen LogP contribution >= 0.6 is 0 Å². The quantitative estimate of drug-likeness (QED) is 0.703. The minimum atomic E-state index is -0.0222. The van der Waals surface area contributed by atoms with E-state index in [-0.39, 0.29) is 5.97 Å². The van der Waals surface area contributed by atoms with Gasteiger partial charge in [-0.3, -0.25) is 4.79 Å². The molecule has 1 aliphatic heterocycles. The number of esters is 1. The van der Waals surface area contributed by atoms with Crippen LogP contribution in [-0.2, 0) is 9.53 Å². The molecular weight excluding hydrogens is 178 g/mol. The van der Waals surface area contributed by atoms with Crippen molar-refractivity contribution in [2.24, 2.45) is 5.92 Å². The van der Waals surface area contributed by atoms with Gasteiger partial charge in [0.1, 0.15) is 0 Å². The summed E-state index contributed by atoms with van der Waals surface area (Å²) in [6, 6.07) is 0. The van der Waals surface area contributed by atoms with Crippen molar-refractivity contribution in [3.05, 3.63) is 0 Å². The molecule has 0 aromatic carbocycles. The molecule has 1 heterocycles. The van der Waals surface area contributed by atoms with Crippen molar-refractivity contribution >= 4 is 5.97 Å². The second-order valence-electron chi connectivity index (χ2n) is 3.91. The molecular formula is C11H21NO2. The Kier molecular flexibility index (Phi) is 5.60. The van der Waals surface area contributed by atoms with E-state index in [1.807, 2.05) is 6.92 Å². The predicted octanol–water partition coefficient (Wildman–Crippen LogP) is 1.72. The van der Waals surface area contributed by atoms with Gasteiger partial charge in [-0.25, -0.2) is 0 Å². The molecule has 1 rings (SSSR count). The van der Waals surface area contributed by atoms with Gasteiger partial charge < -0.3 is 10.1 Å². The van der Waals surface area contributed by atoms with E-state index in [1.54, 1.807) is 0 Å². The van der Waals surface area contributed by atoms with Gasteiger partial charge in [0.15, 0.2) is 0 Å². The lowest BCUT2D eigenvalue weighted by Crippen LogP contribution is -2.22. The molecule has 0 bridgehead atoms. The minimum Gasteiger partial charge on any atom is -0.466 e. The molecule has 0 radical (unpaired) electrons. The lowest BCUT2D eigenvalue weighted by atomic mass is 9.93. The van der Waals surface area contributed by atoms with E-state index in [9.17, 15) is 4.79 Å². The highest BCUT2D eigenvalue weighted by Crippen LogP contribution is 2.19. The van der Waals surface area contributed by atoms with E-state index >= 15 is 0 Å². The third kappa shape index (κ3) is 4.61. The molecule has 1 saturated heterocycles. The van der Waals surface area contributed by atoms with Crippen molar-refractivity contribution in [1.29, 1.82) is 0 Å². The molecule has 1 aliphatic rings. The summed E-state index contributed by atoms with van der Waals surface area (Å²) in [4.78, 5) is 11.3. The first-order valence-electron chi connectivity index (χ1n) is 5.69. The minimum absolute atomic E-state index is 0.0222. The summed E-state index contributed by atoms with van der Waals surface area (Å²) in [5.41, 5.74) is 0. The fourth-order valence-electron chi connectivity index (χ4n) is 1.96. The molecule has 0 amide bonds. The van der Waals surface area contributed by atoms with Crippen LogP contribution in [-0.4, -0.2) is 25.7 Å². The van der Waals surface area contributed by atoms with Gasteiger partial charge in [0.25, 0.3) is 0 Å². The van der Waals surface area contributed by atoms with E-state index in [0.29, 0.717) is 18.9 Å². The number of carbonyl (C=O) groups is 1. The Morgan fingerprint density at radius 1 is 1.36 bits per heavy atom. The summed E-state index contributed by atoms with van der Waals surface area (Å²) < 4.78 is 4.96. The Hall–Kier alpha value is -0.570. The topological polar surface area (TPSA) is 38.3 Å². The molecule has 0 aliphatic carbocycles. The second kappa shape index (κ2) is 6.82. The van der Waals surface area contributed by atoms with Gasteiger partial charge in [0.05, 0.1) is 6.61 Å². The van der Waals surface area contributed by atoms with Gasteiger partial charge in [0.2, 0.25) is 0 Å². The van der Waals surface area contributed by atoms with E-state index in [0.717, 1.165) is 25.9 Å². The van der Waals surface area contributed by atoms with Crippen molar-refractivity contribution in [3.8, 4) is 0 Å². The summed E-state index contributed by atoms with van der Waals surface area (Å²) >= 11 is 0. The average Bonchev–Trinajstić information content (AvgIpc) is 2.10. The number of nitrogens with one attached hydrogen (secondary N) is 1. The predicted molar refractivity (Wildman–Crippen MR) is 56.1 cm³/mol. The normalized spacial score (nSPS) is 19.8. The van der Waals surface area contributed by atoms with Crippen molar-refractivity contribution < 1.29 is 9.53 Å². The average molecular weight is 199 g/mol. The van der Waals surface area contributed by atoms with E-state index in [4.69, 9.17) is 4.74 Å². The largest absolute Gasteiger partial charge is 0.466 e. The Morgan fingerprint density at radius 3 is 2.57 bits per heavy atom. The van der Waals surface area contributed by atoms with Crippen LogP contribution in [0.25, 0.3) is 0 Å². The van der Waals surface area contributed by atoms with Gasteiger partial charge in [-0.1, -0.05) is 0 Å². The summed E-state index contributed by atoms with van der Waals surface area (Å²) in [6.45, 7) is 4.56. The fourth-order valence-corrected chi connectivity index (χ4v) is 1.96. The molecule has 3 heteroatoms. The molecule has 3 nitrogen and oxygen atoms in total. The van der Waals surface area contributed by atoms with Gasteiger partial charge >= 0.3 is 5.97 Å². The molecule has 1 N–H and O–H groups in total. The van der Waals surface area contributed by atoms with Crippen LogP contribution in [0.4, 0.5) is 0 Å². The standard InChI is InChI=1S/C11H21NO2/c1-2-14-11(13)9-10-5-3-7-12-8-4-6-10/h10,12H,2-9H2,1H3. The molecule has 82 valence electrons. The summed E-state index contributed by atoms with van der Waals surface area (Å²) in [5.74, 6) is 0.530. The van der Waals surface area contributed by atoms with Crippen molar-refractivity contribution in [2.75, 3.05) is 19.7 Å². The number of hydrogen-bond acceptors (Lipinski definition) is 3. The highest BCUT2D eigenvalue weighted by atomic mass is 16.5. The molecule has 0 atom stereocenters. The van der Waals surface area contributed by atoms with Crippen LogP contribution in [0.5, 0.6) is 0 Å². The van der Waals surface area contributed by atoms with E-state index in [2.05, 4.69) is 5.32 Å². The molecule has 0 spiro atoms. The summed E-state index contributed by atoms with van der Waals surface area (Å²) in [7, 11) is 0. The first-order valence-corrected chi connectivity index (χ1v) is 5.69. The molecule has 14 heavy (non-hydrogen) atoms. The molecule has 0 unspecified atom stereocenters. The SMILES string of the molecule is CCOC(=O)CC1CCCNCCC1. The van der Waals surface area contributed by atoms with E-state index < -0.39 is 0 Å². The van der Waals surface area contributed by atoms with Crippen LogP contribution < -0.4 is 5.32 Å². The van der Waals surface area contributed by atoms with Crippen molar-refractivity contribution in [2.45, 2.75) is 39.0 Å². The number of carbonyl (C=O) groups excluding carboxylic acids is 1. The Labute approximate surface area is 86.2 Å². The molecule has 1 fully saturated rings. The maximum atomic E-state index is 11.3.